The fourth-order valence-electron chi connectivity index (χ4n) is 5.41. The fourth-order valence-corrected chi connectivity index (χ4v) is 5.41. The molecule has 262 valence electrons. The number of esters is 1. The lowest BCUT2D eigenvalue weighted by Gasteiger charge is -2.36. The zero-order valence-corrected chi connectivity index (χ0v) is 28.9. The Morgan fingerprint density at radius 3 is 2.31 bits per heavy atom. The summed E-state index contributed by atoms with van der Waals surface area (Å²) in [6.07, 6.45) is 5.01. The number of aliphatic hydroxyl groups excluding tert-OH is 1. The summed E-state index contributed by atoms with van der Waals surface area (Å²) < 4.78 is 43.0. The lowest BCUT2D eigenvalue weighted by Crippen LogP contribution is -2.47. The Balaban J connectivity index is 1.56. The normalized spacial score (nSPS) is 26.3. The van der Waals surface area contributed by atoms with Crippen LogP contribution < -0.4 is 0 Å². The van der Waals surface area contributed by atoms with E-state index in [-0.39, 0.29) is 18.8 Å². The number of hydrogen-bond donors (Lipinski definition) is 1. The van der Waals surface area contributed by atoms with Crippen LogP contribution in [0.3, 0.4) is 0 Å². The van der Waals surface area contributed by atoms with Gasteiger partial charge in [-0.3, -0.25) is 0 Å². The summed E-state index contributed by atoms with van der Waals surface area (Å²) in [7, 11) is 0. The molecule has 9 nitrogen and oxygen atoms in total. The molecule has 48 heavy (non-hydrogen) atoms. The van der Waals surface area contributed by atoms with E-state index in [1.165, 1.54) is 0 Å². The van der Waals surface area contributed by atoms with Crippen molar-refractivity contribution in [3.05, 3.63) is 109 Å². The number of benzene rings is 2. The van der Waals surface area contributed by atoms with Crippen LogP contribution in [0.2, 0.25) is 0 Å². The molecule has 7 atom stereocenters. The Bertz CT molecular complexity index is 1320. The molecule has 0 spiro atoms. The van der Waals surface area contributed by atoms with E-state index in [1.807, 2.05) is 86.7 Å². The van der Waals surface area contributed by atoms with E-state index in [0.29, 0.717) is 32.7 Å². The van der Waals surface area contributed by atoms with Crippen LogP contribution in [-0.2, 0) is 51.2 Å². The number of hydrogen-bond acceptors (Lipinski definition) is 9. The van der Waals surface area contributed by atoms with Crippen molar-refractivity contribution < 1.29 is 43.1 Å². The Morgan fingerprint density at radius 2 is 1.71 bits per heavy atom. The molecule has 9 heteroatoms. The van der Waals surface area contributed by atoms with Crippen LogP contribution in [0.4, 0.5) is 0 Å². The van der Waals surface area contributed by atoms with Gasteiger partial charge in [0, 0.05) is 0 Å². The van der Waals surface area contributed by atoms with E-state index in [9.17, 15) is 9.90 Å². The molecular formula is C39H52O9. The molecule has 1 unspecified atom stereocenters. The average Bonchev–Trinajstić information content (AvgIpc) is 3.40. The highest BCUT2D eigenvalue weighted by atomic mass is 16.7. The number of carbonyl (C=O) groups excluding carboxylic acids is 1. The van der Waals surface area contributed by atoms with Gasteiger partial charge in [0.05, 0.1) is 38.6 Å². The lowest BCUT2D eigenvalue weighted by atomic mass is 10.0. The second kappa shape index (κ2) is 18.0. The van der Waals surface area contributed by atoms with E-state index >= 15 is 0 Å². The summed E-state index contributed by atoms with van der Waals surface area (Å²) in [6.45, 7) is 14.3. The minimum Gasteiger partial charge on any atom is -0.458 e. The summed E-state index contributed by atoms with van der Waals surface area (Å²) in [5, 5.41) is 11.2. The second-order valence-corrected chi connectivity index (χ2v) is 13.5. The highest BCUT2D eigenvalue weighted by molar-refractivity contribution is 5.76. The van der Waals surface area contributed by atoms with Crippen molar-refractivity contribution in [1.82, 2.24) is 0 Å². The van der Waals surface area contributed by atoms with Gasteiger partial charge >= 0.3 is 5.97 Å². The molecule has 2 aromatic rings. The molecule has 2 aliphatic rings. The summed E-state index contributed by atoms with van der Waals surface area (Å²) >= 11 is 0. The van der Waals surface area contributed by atoms with Gasteiger partial charge in [-0.1, -0.05) is 91.0 Å². The molecule has 0 aromatic heterocycles. The van der Waals surface area contributed by atoms with Crippen LogP contribution in [0.5, 0.6) is 0 Å². The lowest BCUT2D eigenvalue weighted by molar-refractivity contribution is -0.183. The molecule has 2 heterocycles. The first kappa shape index (κ1) is 37.7. The van der Waals surface area contributed by atoms with Gasteiger partial charge in [0.15, 0.2) is 11.9 Å². The highest BCUT2D eigenvalue weighted by Crippen LogP contribution is 2.27. The van der Waals surface area contributed by atoms with Crippen LogP contribution in [0.1, 0.15) is 58.6 Å². The van der Waals surface area contributed by atoms with Crippen LogP contribution >= 0.6 is 0 Å². The van der Waals surface area contributed by atoms with Gasteiger partial charge in [-0.2, -0.15) is 0 Å². The third-order valence-corrected chi connectivity index (χ3v) is 7.74. The van der Waals surface area contributed by atoms with E-state index in [0.717, 1.165) is 11.1 Å². The predicted octanol–water partition coefficient (Wildman–Crippen LogP) is 6.24. The smallest absolute Gasteiger partial charge is 0.338 e. The molecule has 1 fully saturated rings. The highest BCUT2D eigenvalue weighted by Gasteiger charge is 2.37. The van der Waals surface area contributed by atoms with Gasteiger partial charge in [0.1, 0.15) is 30.0 Å². The number of aliphatic hydroxyl groups is 1. The summed E-state index contributed by atoms with van der Waals surface area (Å²) in [4.78, 5) is 13.0. The Labute approximate surface area is 285 Å². The van der Waals surface area contributed by atoms with Crippen molar-refractivity contribution in [2.75, 3.05) is 13.2 Å². The third kappa shape index (κ3) is 12.4. The third-order valence-electron chi connectivity index (χ3n) is 7.74. The first-order valence-electron chi connectivity index (χ1n) is 16.7. The maximum atomic E-state index is 13.0. The molecular weight excluding hydrogens is 612 g/mol. The van der Waals surface area contributed by atoms with E-state index in [1.54, 1.807) is 39.0 Å². The predicted molar refractivity (Wildman–Crippen MR) is 183 cm³/mol. The molecule has 1 saturated heterocycles. The van der Waals surface area contributed by atoms with E-state index in [4.69, 9.17) is 33.2 Å². The van der Waals surface area contributed by atoms with E-state index in [2.05, 4.69) is 6.58 Å². The number of carbonyl (C=O) groups is 1. The van der Waals surface area contributed by atoms with Gasteiger partial charge in [0.2, 0.25) is 0 Å². The summed E-state index contributed by atoms with van der Waals surface area (Å²) in [5.41, 5.74) is 1.32. The molecule has 0 bridgehead atoms. The maximum Gasteiger partial charge on any atom is 0.338 e. The molecule has 2 aliphatic heterocycles. The number of ether oxygens (including phenoxy) is 7. The summed E-state index contributed by atoms with van der Waals surface area (Å²) in [6, 6.07) is 20.0. The first-order chi connectivity index (χ1) is 22.9. The largest absolute Gasteiger partial charge is 0.458 e. The van der Waals surface area contributed by atoms with Crippen LogP contribution in [0.15, 0.2) is 97.6 Å². The molecule has 4 rings (SSSR count). The van der Waals surface area contributed by atoms with Crippen LogP contribution in [0.25, 0.3) is 0 Å². The second-order valence-electron chi connectivity index (χ2n) is 13.5. The Kier molecular flexibility index (Phi) is 14.1. The van der Waals surface area contributed by atoms with Gasteiger partial charge in [-0.25, -0.2) is 4.79 Å². The molecule has 2 aromatic carbocycles. The molecule has 0 radical (unpaired) electrons. The SMILES string of the molecule is C=CC[C@H]1O[C@@H](COCc2ccccc2)[C@H](OCc2ccccc2)C/C=C\C1O[C@H](C=C[C@H]1COC(C)(C)O1)[C@@H](O)C(=O)OC(C)(C)C. The fraction of sp³-hybridized carbons (Fsp3) is 0.513. The topological polar surface area (TPSA) is 102 Å². The molecule has 1 N–H and O–H groups in total. The molecule has 0 aliphatic carbocycles. The van der Waals surface area contributed by atoms with Crippen molar-refractivity contribution in [2.45, 2.75) is 115 Å². The zero-order chi connectivity index (χ0) is 34.6. The van der Waals surface area contributed by atoms with Crippen LogP contribution in [0, 0.1) is 0 Å². The Morgan fingerprint density at radius 1 is 1.04 bits per heavy atom. The first-order valence-corrected chi connectivity index (χ1v) is 16.7. The number of rotatable bonds is 15. The van der Waals surface area contributed by atoms with Crippen LogP contribution in [-0.4, -0.2) is 78.4 Å². The average molecular weight is 665 g/mol. The molecule has 0 saturated carbocycles. The van der Waals surface area contributed by atoms with Crippen molar-refractivity contribution in [3.8, 4) is 0 Å². The van der Waals surface area contributed by atoms with Gasteiger partial charge in [-0.15, -0.1) is 6.58 Å². The molecule has 0 amide bonds. The van der Waals surface area contributed by atoms with Gasteiger partial charge < -0.3 is 38.3 Å². The van der Waals surface area contributed by atoms with Gasteiger partial charge in [0.25, 0.3) is 0 Å². The van der Waals surface area contributed by atoms with Crippen molar-refractivity contribution in [2.24, 2.45) is 0 Å². The Hall–Kier alpha value is -3.15. The minimum atomic E-state index is -1.61. The zero-order valence-electron chi connectivity index (χ0n) is 28.9. The maximum absolute atomic E-state index is 13.0. The summed E-state index contributed by atoms with van der Waals surface area (Å²) in [5.74, 6) is -1.53. The monoisotopic (exact) mass is 664 g/mol. The standard InChI is InChI=1S/C39H52O9/c1-7-15-32-33(45-34(36(40)37(41)48-38(2,3)4)23-22-30-26-44-39(5,6)47-30)21-14-20-31(43-25-29-18-12-9-13-19-29)35(46-32)27-42-24-28-16-10-8-11-17-28/h7-14,16-19,21-23,30-36,40H,1,15,20,24-27H2,2-6H3/b21-14-,23-22?/t30-,31+,32+,33?,34+,35-,36+/m0/s1. The quantitative estimate of drug-likeness (QED) is 0.175. The van der Waals surface area contributed by atoms with E-state index < -0.39 is 47.9 Å². The van der Waals surface area contributed by atoms with Crippen molar-refractivity contribution in [1.29, 1.82) is 0 Å². The van der Waals surface area contributed by atoms with Crippen molar-refractivity contribution in [3.63, 3.8) is 0 Å². The van der Waals surface area contributed by atoms with Gasteiger partial charge in [-0.05, 0) is 58.6 Å². The van der Waals surface area contributed by atoms with Crippen molar-refractivity contribution >= 4 is 5.97 Å². The minimum absolute atomic E-state index is 0.279.